The molecule has 3 amide bonds. The van der Waals surface area contributed by atoms with E-state index < -0.39 is 0 Å². The fourth-order valence-corrected chi connectivity index (χ4v) is 4.95. The number of rotatable bonds is 6. The zero-order valence-electron chi connectivity index (χ0n) is 18.1. The number of piperidine rings is 1. The molecule has 7 nitrogen and oxygen atoms in total. The minimum absolute atomic E-state index is 0.0175. The van der Waals surface area contributed by atoms with Gasteiger partial charge < -0.3 is 19.9 Å². The van der Waals surface area contributed by atoms with Crippen LogP contribution in [0.1, 0.15) is 35.2 Å². The van der Waals surface area contributed by atoms with Crippen molar-refractivity contribution >= 4 is 35.2 Å². The van der Waals surface area contributed by atoms with Gasteiger partial charge in [0.25, 0.3) is 5.91 Å². The van der Waals surface area contributed by atoms with Gasteiger partial charge in [-0.05, 0) is 43.5 Å². The fourth-order valence-electron chi connectivity index (χ4n) is 4.03. The Morgan fingerprint density at radius 2 is 1.88 bits per heavy atom. The van der Waals surface area contributed by atoms with Crippen molar-refractivity contribution < 1.29 is 19.1 Å². The van der Waals surface area contributed by atoms with Gasteiger partial charge in [0.15, 0.2) is 0 Å². The predicted molar refractivity (Wildman–Crippen MR) is 124 cm³/mol. The van der Waals surface area contributed by atoms with Crippen LogP contribution in [-0.2, 0) is 16.1 Å². The number of nitrogens with zero attached hydrogens (tertiary/aromatic N) is 2. The summed E-state index contributed by atoms with van der Waals surface area (Å²) in [4.78, 5) is 42.5. The Morgan fingerprint density at radius 1 is 1.09 bits per heavy atom. The van der Waals surface area contributed by atoms with Gasteiger partial charge in [-0.1, -0.05) is 18.2 Å². The number of likely N-dealkylation sites (tertiary alicyclic amines) is 1. The lowest BCUT2D eigenvalue weighted by Crippen LogP contribution is -2.43. The molecule has 1 N–H and O–H groups in total. The molecule has 8 heteroatoms. The number of para-hydroxylation sites is 1. The number of ether oxygens (including phenoxy) is 1. The third kappa shape index (κ3) is 4.91. The molecule has 1 fully saturated rings. The molecule has 1 saturated heterocycles. The highest BCUT2D eigenvalue weighted by Crippen LogP contribution is 2.36. The van der Waals surface area contributed by atoms with E-state index in [0.29, 0.717) is 23.5 Å². The van der Waals surface area contributed by atoms with Crippen LogP contribution in [0.5, 0.6) is 5.75 Å². The van der Waals surface area contributed by atoms with E-state index in [0.717, 1.165) is 42.8 Å². The molecule has 4 rings (SSSR count). The maximum atomic E-state index is 12.9. The summed E-state index contributed by atoms with van der Waals surface area (Å²) >= 11 is 1.43. The van der Waals surface area contributed by atoms with E-state index >= 15 is 0 Å². The fraction of sp³-hybridized carbons (Fsp3) is 0.375. The Morgan fingerprint density at radius 3 is 2.66 bits per heavy atom. The molecule has 0 aliphatic carbocycles. The van der Waals surface area contributed by atoms with Gasteiger partial charge in [-0.25, -0.2) is 0 Å². The minimum atomic E-state index is -0.269. The molecule has 2 heterocycles. The Labute approximate surface area is 192 Å². The van der Waals surface area contributed by atoms with E-state index in [1.165, 1.54) is 16.7 Å². The Bertz CT molecular complexity index is 1020. The maximum absolute atomic E-state index is 12.9. The SMILES string of the molecule is COc1ccccc1CNC(=O)CN1C(=O)CSc2ccc(C(=O)N3CCCCC3)cc21. The Kier molecular flexibility index (Phi) is 6.99. The molecule has 2 aromatic rings. The molecule has 2 aliphatic rings. The molecule has 32 heavy (non-hydrogen) atoms. The van der Waals surface area contributed by atoms with Gasteiger partial charge in [0, 0.05) is 35.7 Å². The summed E-state index contributed by atoms with van der Waals surface area (Å²) in [6, 6.07) is 12.9. The normalized spacial score (nSPS) is 15.8. The first-order valence-electron chi connectivity index (χ1n) is 10.8. The van der Waals surface area contributed by atoms with Crippen LogP contribution >= 0.6 is 11.8 Å². The molecule has 0 atom stereocenters. The summed E-state index contributed by atoms with van der Waals surface area (Å²) in [5.41, 5.74) is 2.04. The van der Waals surface area contributed by atoms with Crippen LogP contribution in [0.3, 0.4) is 0 Å². The topological polar surface area (TPSA) is 79.0 Å². The number of benzene rings is 2. The van der Waals surface area contributed by atoms with E-state index in [1.54, 1.807) is 13.2 Å². The van der Waals surface area contributed by atoms with Crippen molar-refractivity contribution in [1.29, 1.82) is 0 Å². The Balaban J connectivity index is 1.48. The number of carbonyl (C=O) groups excluding carboxylic acids is 3. The average molecular weight is 454 g/mol. The second kappa shape index (κ2) is 10.1. The molecule has 0 unspecified atom stereocenters. The number of fused-ring (bicyclic) bond motifs is 1. The summed E-state index contributed by atoms with van der Waals surface area (Å²) in [6.45, 7) is 1.74. The lowest BCUT2D eigenvalue weighted by molar-refractivity contribution is -0.123. The van der Waals surface area contributed by atoms with Gasteiger partial charge in [-0.15, -0.1) is 11.8 Å². The van der Waals surface area contributed by atoms with E-state index in [1.807, 2.05) is 41.3 Å². The summed E-state index contributed by atoms with van der Waals surface area (Å²) < 4.78 is 5.32. The van der Waals surface area contributed by atoms with Gasteiger partial charge in [0.2, 0.25) is 11.8 Å². The Hall–Kier alpha value is -3.00. The molecule has 0 bridgehead atoms. The monoisotopic (exact) mass is 453 g/mol. The maximum Gasteiger partial charge on any atom is 0.253 e. The minimum Gasteiger partial charge on any atom is -0.496 e. The number of carbonyl (C=O) groups is 3. The number of nitrogens with one attached hydrogen (secondary N) is 1. The highest BCUT2D eigenvalue weighted by Gasteiger charge is 2.28. The molecular weight excluding hydrogens is 426 g/mol. The molecule has 2 aliphatic heterocycles. The van der Waals surface area contributed by atoms with E-state index in [9.17, 15) is 14.4 Å². The molecule has 0 saturated carbocycles. The second-order valence-electron chi connectivity index (χ2n) is 7.89. The highest BCUT2D eigenvalue weighted by atomic mass is 32.2. The van der Waals surface area contributed by atoms with E-state index in [-0.39, 0.29) is 30.0 Å². The summed E-state index contributed by atoms with van der Waals surface area (Å²) in [5.74, 6) is 0.541. The van der Waals surface area contributed by atoms with Crippen LogP contribution in [0.25, 0.3) is 0 Å². The summed E-state index contributed by atoms with van der Waals surface area (Å²) in [7, 11) is 1.59. The van der Waals surface area contributed by atoms with Gasteiger partial charge in [0.05, 0.1) is 18.6 Å². The van der Waals surface area contributed by atoms with E-state index in [4.69, 9.17) is 4.74 Å². The van der Waals surface area contributed by atoms with Crippen LogP contribution in [-0.4, -0.2) is 55.1 Å². The van der Waals surface area contributed by atoms with Crippen molar-refractivity contribution in [3.63, 3.8) is 0 Å². The van der Waals surface area contributed by atoms with Crippen molar-refractivity contribution in [1.82, 2.24) is 10.2 Å². The largest absolute Gasteiger partial charge is 0.496 e. The molecule has 0 spiro atoms. The third-order valence-corrected chi connectivity index (χ3v) is 6.81. The van der Waals surface area contributed by atoms with E-state index in [2.05, 4.69) is 5.32 Å². The molecule has 2 aromatic carbocycles. The van der Waals surface area contributed by atoms with Gasteiger partial charge in [-0.2, -0.15) is 0 Å². The number of hydrogen-bond acceptors (Lipinski definition) is 5. The summed E-state index contributed by atoms with van der Waals surface area (Å²) in [6.07, 6.45) is 3.18. The van der Waals surface area contributed by atoms with Gasteiger partial charge in [0.1, 0.15) is 12.3 Å². The number of hydrogen-bond donors (Lipinski definition) is 1. The van der Waals surface area contributed by atoms with Crippen molar-refractivity contribution in [2.24, 2.45) is 0 Å². The first-order chi connectivity index (χ1) is 15.6. The van der Waals surface area contributed by atoms with Crippen LogP contribution in [0.4, 0.5) is 5.69 Å². The molecule has 168 valence electrons. The predicted octanol–water partition coefficient (Wildman–Crippen LogP) is 3.08. The van der Waals surface area contributed by atoms with Crippen LogP contribution < -0.4 is 15.0 Å². The number of anilines is 1. The van der Waals surface area contributed by atoms with Crippen LogP contribution in [0.2, 0.25) is 0 Å². The first kappa shape index (κ1) is 22.2. The number of thioether (sulfide) groups is 1. The smallest absolute Gasteiger partial charge is 0.253 e. The van der Waals surface area contributed by atoms with Crippen molar-refractivity contribution in [2.45, 2.75) is 30.7 Å². The van der Waals surface area contributed by atoms with Crippen molar-refractivity contribution in [3.05, 3.63) is 53.6 Å². The first-order valence-corrected chi connectivity index (χ1v) is 11.8. The zero-order valence-corrected chi connectivity index (χ0v) is 19.0. The van der Waals surface area contributed by atoms with Crippen LogP contribution in [0, 0.1) is 0 Å². The third-order valence-electron chi connectivity index (χ3n) is 5.76. The second-order valence-corrected chi connectivity index (χ2v) is 8.91. The molecule has 0 aromatic heterocycles. The quantitative estimate of drug-likeness (QED) is 0.727. The lowest BCUT2D eigenvalue weighted by Gasteiger charge is -2.30. The lowest BCUT2D eigenvalue weighted by atomic mass is 10.1. The molecular formula is C24H27N3O4S. The van der Waals surface area contributed by atoms with Crippen LogP contribution in [0.15, 0.2) is 47.4 Å². The summed E-state index contributed by atoms with van der Waals surface area (Å²) in [5, 5.41) is 2.87. The van der Waals surface area contributed by atoms with Crippen molar-refractivity contribution in [2.75, 3.05) is 37.4 Å². The number of methoxy groups -OCH3 is 1. The average Bonchev–Trinajstić information content (AvgIpc) is 2.84. The molecule has 0 radical (unpaired) electrons. The highest BCUT2D eigenvalue weighted by molar-refractivity contribution is 8.00. The van der Waals surface area contributed by atoms with Gasteiger partial charge in [-0.3, -0.25) is 14.4 Å². The van der Waals surface area contributed by atoms with Crippen molar-refractivity contribution in [3.8, 4) is 5.75 Å². The number of amides is 3. The van der Waals surface area contributed by atoms with Gasteiger partial charge >= 0.3 is 0 Å². The zero-order chi connectivity index (χ0) is 22.5. The standard InChI is InChI=1S/C24H27N3O4S/c1-31-20-8-4-3-7-18(20)14-25-22(28)15-27-19-13-17(9-10-21(19)32-16-23(27)29)24(30)26-11-5-2-6-12-26/h3-4,7-10,13H,2,5-6,11-12,14-16H2,1H3,(H,25,28).